The summed E-state index contributed by atoms with van der Waals surface area (Å²) in [6.45, 7) is 11.0. The highest BCUT2D eigenvalue weighted by Crippen LogP contribution is 2.31. The zero-order valence-electron chi connectivity index (χ0n) is 13.9. The molecule has 0 aliphatic carbocycles. The number of nitrogens with zero attached hydrogens (tertiary/aromatic N) is 4. The maximum Gasteiger partial charge on any atom is 0.147 e. The van der Waals surface area contributed by atoms with Crippen LogP contribution in [0.25, 0.3) is 0 Å². The highest BCUT2D eigenvalue weighted by Gasteiger charge is 2.35. The van der Waals surface area contributed by atoms with Crippen molar-refractivity contribution < 1.29 is 5.11 Å². The van der Waals surface area contributed by atoms with E-state index in [1.807, 2.05) is 12.1 Å². The van der Waals surface area contributed by atoms with Crippen molar-refractivity contribution in [2.24, 2.45) is 11.8 Å². The molecule has 23 heavy (non-hydrogen) atoms. The topological polar surface area (TPSA) is 42.8 Å². The predicted molar refractivity (Wildman–Crippen MR) is 94.1 cm³/mol. The molecule has 3 rings (SSSR count). The molecule has 1 aromatic heterocycles. The predicted octanol–water partition coefficient (Wildman–Crippen LogP) is 1.42. The van der Waals surface area contributed by atoms with Crippen molar-refractivity contribution in [3.63, 3.8) is 0 Å². The summed E-state index contributed by atoms with van der Waals surface area (Å²) in [6, 6.07) is 3.74. The Hall–Kier alpha value is -0.880. The molecule has 5 nitrogen and oxygen atoms in total. The van der Waals surface area contributed by atoms with E-state index in [0.29, 0.717) is 16.9 Å². The number of aliphatic hydroxyl groups is 1. The van der Waals surface area contributed by atoms with E-state index >= 15 is 0 Å². The highest BCUT2D eigenvalue weighted by atomic mass is 35.5. The van der Waals surface area contributed by atoms with E-state index in [1.165, 1.54) is 0 Å². The summed E-state index contributed by atoms with van der Waals surface area (Å²) in [4.78, 5) is 11.7. The quantitative estimate of drug-likeness (QED) is 0.879. The first-order valence-corrected chi connectivity index (χ1v) is 9.00. The highest BCUT2D eigenvalue weighted by molar-refractivity contribution is 6.32. The molecule has 1 aromatic rings. The van der Waals surface area contributed by atoms with Gasteiger partial charge in [0.05, 0.1) is 5.02 Å². The van der Waals surface area contributed by atoms with Crippen LogP contribution in [0.3, 0.4) is 0 Å². The Morgan fingerprint density at radius 3 is 2.52 bits per heavy atom. The van der Waals surface area contributed by atoms with E-state index in [9.17, 15) is 5.11 Å². The number of aliphatic hydroxyl groups excluding tert-OH is 1. The standard InChI is InChI=1S/C17H27ClN4O/c1-2-20-6-8-21(9-7-20)10-14-11-22(12-15(14)13-23)17-16(18)4-3-5-19-17/h3-5,14-15,23H,2,6-13H2,1H3/t14-,15-/m1/s1. The van der Waals surface area contributed by atoms with Gasteiger partial charge in [0.2, 0.25) is 0 Å². The maximum atomic E-state index is 9.77. The molecule has 2 saturated heterocycles. The first kappa shape index (κ1) is 17.0. The van der Waals surface area contributed by atoms with Crippen LogP contribution < -0.4 is 4.90 Å². The van der Waals surface area contributed by atoms with Gasteiger partial charge >= 0.3 is 0 Å². The van der Waals surface area contributed by atoms with Crippen LogP contribution in [0.5, 0.6) is 0 Å². The molecular weight excluding hydrogens is 312 g/mol. The summed E-state index contributed by atoms with van der Waals surface area (Å²) in [7, 11) is 0. The van der Waals surface area contributed by atoms with Crippen LogP contribution in [0.1, 0.15) is 6.92 Å². The molecular formula is C17H27ClN4O. The normalized spacial score (nSPS) is 26.8. The first-order valence-electron chi connectivity index (χ1n) is 8.62. The molecule has 6 heteroatoms. The minimum absolute atomic E-state index is 0.237. The third-order valence-corrected chi connectivity index (χ3v) is 5.55. The third-order valence-electron chi connectivity index (χ3n) is 5.25. The van der Waals surface area contributed by atoms with Crippen molar-refractivity contribution in [2.75, 3.05) is 63.9 Å². The molecule has 2 fully saturated rings. The van der Waals surface area contributed by atoms with E-state index in [2.05, 4.69) is 26.6 Å². The van der Waals surface area contributed by atoms with Crippen molar-refractivity contribution in [1.29, 1.82) is 0 Å². The Labute approximate surface area is 143 Å². The van der Waals surface area contributed by atoms with Gasteiger partial charge in [-0.1, -0.05) is 18.5 Å². The Bertz CT molecular complexity index is 507. The molecule has 3 heterocycles. The van der Waals surface area contributed by atoms with Gasteiger partial charge in [-0.15, -0.1) is 0 Å². The van der Waals surface area contributed by atoms with Gasteiger partial charge in [0.25, 0.3) is 0 Å². The number of rotatable bonds is 5. The maximum absolute atomic E-state index is 9.77. The number of anilines is 1. The average molecular weight is 339 g/mol. The summed E-state index contributed by atoms with van der Waals surface area (Å²) in [5, 5.41) is 10.5. The summed E-state index contributed by atoms with van der Waals surface area (Å²) in [6.07, 6.45) is 1.78. The van der Waals surface area contributed by atoms with E-state index in [4.69, 9.17) is 11.6 Å². The van der Waals surface area contributed by atoms with Crippen molar-refractivity contribution >= 4 is 17.4 Å². The Kier molecular flexibility index (Phi) is 5.75. The summed E-state index contributed by atoms with van der Waals surface area (Å²) in [5.41, 5.74) is 0. The number of hydrogen-bond donors (Lipinski definition) is 1. The first-order chi connectivity index (χ1) is 11.2. The van der Waals surface area contributed by atoms with Crippen LogP contribution in [0.2, 0.25) is 5.02 Å². The Morgan fingerprint density at radius 1 is 1.17 bits per heavy atom. The molecule has 0 aromatic carbocycles. The molecule has 2 aliphatic heterocycles. The zero-order valence-corrected chi connectivity index (χ0v) is 14.6. The van der Waals surface area contributed by atoms with E-state index in [0.717, 1.165) is 58.2 Å². The Balaban J connectivity index is 1.60. The van der Waals surface area contributed by atoms with Gasteiger partial charge < -0.3 is 19.8 Å². The van der Waals surface area contributed by atoms with Crippen LogP contribution in [0.4, 0.5) is 5.82 Å². The molecule has 2 aliphatic rings. The van der Waals surface area contributed by atoms with Crippen LogP contribution in [0, 0.1) is 11.8 Å². The number of piperazine rings is 1. The van der Waals surface area contributed by atoms with Crippen LogP contribution in [-0.4, -0.2) is 78.9 Å². The summed E-state index contributed by atoms with van der Waals surface area (Å²) < 4.78 is 0. The smallest absolute Gasteiger partial charge is 0.147 e. The van der Waals surface area contributed by atoms with Crippen LogP contribution in [-0.2, 0) is 0 Å². The molecule has 0 amide bonds. The molecule has 2 atom stereocenters. The molecule has 0 spiro atoms. The number of aromatic nitrogens is 1. The fourth-order valence-corrected chi connectivity index (χ4v) is 4.00. The molecule has 0 saturated carbocycles. The van der Waals surface area contributed by atoms with Crippen molar-refractivity contribution in [3.8, 4) is 0 Å². The van der Waals surface area contributed by atoms with Crippen molar-refractivity contribution in [2.45, 2.75) is 6.92 Å². The lowest BCUT2D eigenvalue weighted by Gasteiger charge is -2.36. The van der Waals surface area contributed by atoms with Gasteiger partial charge in [-0.25, -0.2) is 4.98 Å². The lowest BCUT2D eigenvalue weighted by molar-refractivity contribution is 0.106. The van der Waals surface area contributed by atoms with E-state index in [-0.39, 0.29) is 6.61 Å². The van der Waals surface area contributed by atoms with Gasteiger partial charge in [-0.2, -0.15) is 0 Å². The minimum Gasteiger partial charge on any atom is -0.396 e. The van der Waals surface area contributed by atoms with Crippen LogP contribution >= 0.6 is 11.6 Å². The van der Waals surface area contributed by atoms with E-state index < -0.39 is 0 Å². The third kappa shape index (κ3) is 3.97. The number of pyridine rings is 1. The lowest BCUT2D eigenvalue weighted by atomic mass is 9.96. The number of halogens is 1. The molecule has 1 N–H and O–H groups in total. The van der Waals surface area contributed by atoms with Crippen LogP contribution in [0.15, 0.2) is 18.3 Å². The van der Waals surface area contributed by atoms with Gasteiger partial charge in [0, 0.05) is 64.5 Å². The second-order valence-corrected chi connectivity index (χ2v) is 7.06. The number of likely N-dealkylation sites (N-methyl/N-ethyl adjacent to an activating group) is 1. The summed E-state index contributed by atoms with van der Waals surface area (Å²) >= 11 is 6.28. The summed E-state index contributed by atoms with van der Waals surface area (Å²) in [5.74, 6) is 1.63. The minimum atomic E-state index is 0.237. The Morgan fingerprint density at radius 2 is 1.87 bits per heavy atom. The lowest BCUT2D eigenvalue weighted by Crippen LogP contribution is -2.48. The fourth-order valence-electron chi connectivity index (χ4n) is 3.76. The fraction of sp³-hybridized carbons (Fsp3) is 0.706. The second-order valence-electron chi connectivity index (χ2n) is 6.65. The van der Waals surface area contributed by atoms with Gasteiger partial charge in [-0.3, -0.25) is 0 Å². The molecule has 0 bridgehead atoms. The second kappa shape index (κ2) is 7.79. The monoisotopic (exact) mass is 338 g/mol. The molecule has 0 unspecified atom stereocenters. The van der Waals surface area contributed by atoms with Gasteiger partial charge in [-0.05, 0) is 24.6 Å². The number of hydrogen-bond acceptors (Lipinski definition) is 5. The zero-order chi connectivity index (χ0) is 16.2. The average Bonchev–Trinajstić information content (AvgIpc) is 2.98. The molecule has 128 valence electrons. The van der Waals surface area contributed by atoms with Gasteiger partial charge in [0.1, 0.15) is 5.82 Å². The largest absolute Gasteiger partial charge is 0.396 e. The molecule has 0 radical (unpaired) electrons. The van der Waals surface area contributed by atoms with E-state index in [1.54, 1.807) is 6.20 Å². The van der Waals surface area contributed by atoms with Gasteiger partial charge in [0.15, 0.2) is 0 Å². The SMILES string of the molecule is CCN1CCN(C[C@@H]2CN(c3ncccc3Cl)C[C@@H]2CO)CC1. The van der Waals surface area contributed by atoms with Crippen molar-refractivity contribution in [3.05, 3.63) is 23.4 Å². The van der Waals surface area contributed by atoms with Crippen molar-refractivity contribution in [1.82, 2.24) is 14.8 Å².